The van der Waals surface area contributed by atoms with Crippen molar-refractivity contribution in [2.75, 3.05) is 13.1 Å². The topological polar surface area (TPSA) is 49.4 Å². The highest BCUT2D eigenvalue weighted by molar-refractivity contribution is 14.1. The number of benzene rings is 2. The standard InChI is InChI=1S/C18H12F9IN2O2S/c19-8-7(17(28)14(25)11(22)9(8)20)5-30(4-6-2-1-3-29-6)33(31,32)18-15(26)12(23)10(21)13(24)16(18)27/h6,29H,1-5H2/t6-/m0/s1. The lowest BCUT2D eigenvalue weighted by molar-refractivity contribution is 0.331. The molecule has 4 nitrogen and oxygen atoms in total. The predicted octanol–water partition coefficient (Wildman–Crippen LogP) is 4.49. The second-order valence-corrected chi connectivity index (χ2v) is 9.99. The summed E-state index contributed by atoms with van der Waals surface area (Å²) in [4.78, 5) is -2.21. The molecule has 3 rings (SSSR count). The Morgan fingerprint density at radius 1 is 0.788 bits per heavy atom. The van der Waals surface area contributed by atoms with Gasteiger partial charge in [0.2, 0.25) is 15.8 Å². The van der Waals surface area contributed by atoms with Gasteiger partial charge in [-0.2, -0.15) is 4.31 Å². The quantitative estimate of drug-likeness (QED) is 0.225. The Hall–Kier alpha value is -1.59. The lowest BCUT2D eigenvalue weighted by atomic mass is 10.1. The summed E-state index contributed by atoms with van der Waals surface area (Å²) in [7, 11) is -5.59. The summed E-state index contributed by atoms with van der Waals surface area (Å²) in [6.45, 7) is -1.58. The Kier molecular flexibility index (Phi) is 7.55. The maximum atomic E-state index is 14.4. The highest BCUT2D eigenvalue weighted by Gasteiger charge is 2.39. The van der Waals surface area contributed by atoms with E-state index in [1.807, 2.05) is 0 Å². The first-order chi connectivity index (χ1) is 15.3. The molecule has 1 aliphatic heterocycles. The molecule has 182 valence electrons. The van der Waals surface area contributed by atoms with Crippen LogP contribution in [0.3, 0.4) is 0 Å². The first-order valence-electron chi connectivity index (χ1n) is 9.05. The van der Waals surface area contributed by atoms with Crippen molar-refractivity contribution in [2.45, 2.75) is 30.3 Å². The Balaban J connectivity index is 2.19. The predicted molar refractivity (Wildman–Crippen MR) is 104 cm³/mol. The van der Waals surface area contributed by atoms with Gasteiger partial charge < -0.3 is 5.32 Å². The van der Waals surface area contributed by atoms with Crippen LogP contribution in [0.1, 0.15) is 18.4 Å². The normalized spacial score (nSPS) is 16.8. The fourth-order valence-electron chi connectivity index (χ4n) is 3.31. The monoisotopic (exact) mass is 618 g/mol. The summed E-state index contributed by atoms with van der Waals surface area (Å²) >= 11 is 1.07. The van der Waals surface area contributed by atoms with Crippen LogP contribution in [0.25, 0.3) is 0 Å². The Bertz CT molecular complexity index is 1160. The largest absolute Gasteiger partial charge is 0.313 e. The van der Waals surface area contributed by atoms with Crippen molar-refractivity contribution in [2.24, 2.45) is 0 Å². The van der Waals surface area contributed by atoms with Gasteiger partial charge in [0.15, 0.2) is 51.4 Å². The van der Waals surface area contributed by atoms with Crippen LogP contribution in [0, 0.1) is 55.9 Å². The molecule has 0 unspecified atom stereocenters. The molecule has 0 aromatic heterocycles. The fraction of sp³-hybridized carbons (Fsp3) is 0.333. The zero-order chi connectivity index (χ0) is 24.8. The van der Waals surface area contributed by atoms with Gasteiger partial charge in [-0.15, -0.1) is 0 Å². The van der Waals surface area contributed by atoms with Crippen LogP contribution in [0.2, 0.25) is 0 Å². The minimum absolute atomic E-state index is 0.117. The number of nitrogens with zero attached hydrogens (tertiary/aromatic N) is 1. The third-order valence-corrected chi connectivity index (χ3v) is 7.95. The summed E-state index contributed by atoms with van der Waals surface area (Å²) in [5.41, 5.74) is -1.03. The summed E-state index contributed by atoms with van der Waals surface area (Å²) in [5, 5.41) is 2.81. The number of rotatable bonds is 6. The maximum absolute atomic E-state index is 14.4. The molecule has 1 fully saturated rings. The van der Waals surface area contributed by atoms with Gasteiger partial charge in [0, 0.05) is 24.7 Å². The van der Waals surface area contributed by atoms with Crippen LogP contribution in [0.5, 0.6) is 0 Å². The second kappa shape index (κ2) is 9.58. The molecule has 0 aliphatic carbocycles. The van der Waals surface area contributed by atoms with Gasteiger partial charge >= 0.3 is 0 Å². The molecule has 1 saturated heterocycles. The van der Waals surface area contributed by atoms with Crippen LogP contribution in [-0.2, 0) is 16.6 Å². The average molecular weight is 618 g/mol. The highest BCUT2D eigenvalue weighted by atomic mass is 127. The van der Waals surface area contributed by atoms with E-state index in [1.54, 1.807) is 0 Å². The molecule has 0 bridgehead atoms. The van der Waals surface area contributed by atoms with E-state index in [4.69, 9.17) is 0 Å². The first-order valence-corrected chi connectivity index (χ1v) is 11.6. The zero-order valence-corrected chi connectivity index (χ0v) is 19.0. The highest BCUT2D eigenvalue weighted by Crippen LogP contribution is 2.32. The smallest absolute Gasteiger partial charge is 0.249 e. The Labute approximate surface area is 194 Å². The molecule has 1 aliphatic rings. The minimum atomic E-state index is -5.59. The number of hydrogen-bond acceptors (Lipinski definition) is 3. The SMILES string of the molecule is O=S(=O)(c1c(F)c(F)c(F)c(F)c1F)N(Cc1c(F)c(F)c(F)c(F)c1I)C[C@@H]1CCCN1. The van der Waals surface area contributed by atoms with Crippen molar-refractivity contribution in [3.63, 3.8) is 0 Å². The number of hydrogen-bond donors (Lipinski definition) is 1. The van der Waals surface area contributed by atoms with Crippen molar-refractivity contribution < 1.29 is 47.9 Å². The lowest BCUT2D eigenvalue weighted by Gasteiger charge is -2.26. The number of sulfonamides is 1. The van der Waals surface area contributed by atoms with Crippen molar-refractivity contribution in [1.82, 2.24) is 9.62 Å². The second-order valence-electron chi connectivity index (χ2n) is 7.04. The van der Waals surface area contributed by atoms with Crippen molar-refractivity contribution in [3.8, 4) is 0 Å². The first kappa shape index (κ1) is 26.0. The zero-order valence-electron chi connectivity index (χ0n) is 16.1. The van der Waals surface area contributed by atoms with Gasteiger partial charge in [0.25, 0.3) is 0 Å². The van der Waals surface area contributed by atoms with Gasteiger partial charge in [-0.1, -0.05) is 0 Å². The molecule has 1 atom stereocenters. The van der Waals surface area contributed by atoms with E-state index in [0.717, 1.165) is 22.6 Å². The average Bonchev–Trinajstić information content (AvgIpc) is 3.28. The van der Waals surface area contributed by atoms with E-state index in [2.05, 4.69) is 5.32 Å². The van der Waals surface area contributed by atoms with E-state index in [1.165, 1.54) is 0 Å². The van der Waals surface area contributed by atoms with Gasteiger partial charge in [0.1, 0.15) is 0 Å². The van der Waals surface area contributed by atoms with E-state index < -0.39 is 95.5 Å². The summed E-state index contributed by atoms with van der Waals surface area (Å²) in [6, 6.07) is -0.697. The van der Waals surface area contributed by atoms with Crippen molar-refractivity contribution >= 4 is 32.6 Å². The summed E-state index contributed by atoms with van der Waals surface area (Å²) in [5.74, 6) is -21.3. The van der Waals surface area contributed by atoms with Gasteiger partial charge in [-0.3, -0.25) is 0 Å². The molecule has 1 heterocycles. The molecular formula is C18H12F9IN2O2S. The molecule has 1 N–H and O–H groups in total. The minimum Gasteiger partial charge on any atom is -0.313 e. The Morgan fingerprint density at radius 2 is 1.27 bits per heavy atom. The number of halogens is 10. The van der Waals surface area contributed by atoms with Crippen molar-refractivity contribution in [3.05, 3.63) is 61.5 Å². The molecule has 0 radical (unpaired) electrons. The van der Waals surface area contributed by atoms with Gasteiger partial charge in [-0.05, 0) is 42.0 Å². The summed E-state index contributed by atoms with van der Waals surface area (Å²) in [6.07, 6.45) is 0.849. The van der Waals surface area contributed by atoms with Crippen LogP contribution in [0.15, 0.2) is 4.90 Å². The molecule has 0 spiro atoms. The molecule has 0 saturated carbocycles. The third-order valence-electron chi connectivity index (χ3n) is 4.99. The van der Waals surface area contributed by atoms with Gasteiger partial charge in [-0.25, -0.2) is 47.9 Å². The third kappa shape index (κ3) is 4.55. The molecule has 33 heavy (non-hydrogen) atoms. The summed E-state index contributed by atoms with van der Waals surface area (Å²) < 4.78 is 150. The van der Waals surface area contributed by atoms with E-state index in [9.17, 15) is 47.9 Å². The van der Waals surface area contributed by atoms with Crippen LogP contribution < -0.4 is 5.32 Å². The molecule has 0 amide bonds. The maximum Gasteiger partial charge on any atom is 0.249 e. The van der Waals surface area contributed by atoms with Crippen molar-refractivity contribution in [1.29, 1.82) is 0 Å². The molecule has 15 heteroatoms. The molecular weight excluding hydrogens is 606 g/mol. The Morgan fingerprint density at radius 3 is 1.79 bits per heavy atom. The molecule has 2 aromatic rings. The van der Waals surface area contributed by atoms with Gasteiger partial charge in [0.05, 0.1) is 3.57 Å². The lowest BCUT2D eigenvalue weighted by Crippen LogP contribution is -2.42. The van der Waals surface area contributed by atoms with E-state index in [0.29, 0.717) is 19.4 Å². The van der Waals surface area contributed by atoms with Crippen LogP contribution >= 0.6 is 22.6 Å². The van der Waals surface area contributed by atoms with E-state index in [-0.39, 0.29) is 4.31 Å². The molecule has 2 aromatic carbocycles. The van der Waals surface area contributed by atoms with Crippen LogP contribution in [-0.4, -0.2) is 31.9 Å². The fourth-order valence-corrected chi connectivity index (χ4v) is 5.52. The van der Waals surface area contributed by atoms with Crippen LogP contribution in [0.4, 0.5) is 39.5 Å². The van der Waals surface area contributed by atoms with E-state index >= 15 is 0 Å². The number of nitrogens with one attached hydrogen (secondary N) is 1.